The number of hydrogen-bond acceptors (Lipinski definition) is 9. The zero-order chi connectivity index (χ0) is 39.8. The monoisotopic (exact) mass is 784 g/mol. The lowest BCUT2D eigenvalue weighted by Crippen LogP contribution is -2.51. The molecule has 5 heterocycles. The van der Waals surface area contributed by atoms with Crippen LogP contribution in [0, 0.1) is 11.8 Å². The normalized spacial score (nSPS) is 18.2. The van der Waals surface area contributed by atoms with Crippen LogP contribution >= 0.6 is 10.8 Å². The zero-order valence-electron chi connectivity index (χ0n) is 32.4. The first-order valence-corrected chi connectivity index (χ1v) is 20.2. The fraction of sp³-hybridized carbons (Fsp3) is 0.450. The Bertz CT molecular complexity index is 2120. The molecule has 2 aliphatic heterocycles. The molecule has 2 fully saturated rings. The van der Waals surface area contributed by atoms with E-state index in [2.05, 4.69) is 30.6 Å². The molecule has 4 atom stereocenters. The Hall–Kier alpha value is -5.48. The van der Waals surface area contributed by atoms with Gasteiger partial charge in [-0.3, -0.25) is 9.59 Å². The summed E-state index contributed by atoms with van der Waals surface area (Å²) in [6, 6.07) is 9.76. The van der Waals surface area contributed by atoms with Crippen molar-refractivity contribution in [1.29, 1.82) is 0 Å². The number of carbonyl (C=O) groups is 4. The summed E-state index contributed by atoms with van der Waals surface area (Å²) in [6.45, 7) is 8.63. The van der Waals surface area contributed by atoms with Crippen molar-refractivity contribution in [3.8, 4) is 22.5 Å². The minimum absolute atomic E-state index is 0.138. The number of nitrogens with one attached hydrogen (secondary N) is 4. The highest BCUT2D eigenvalue weighted by atomic mass is 32.2. The van der Waals surface area contributed by atoms with Gasteiger partial charge in [0.15, 0.2) is 9.40 Å². The van der Waals surface area contributed by atoms with E-state index in [4.69, 9.17) is 9.47 Å². The molecule has 2 saturated heterocycles. The van der Waals surface area contributed by atoms with Crippen molar-refractivity contribution in [1.82, 2.24) is 40.4 Å². The van der Waals surface area contributed by atoms with Crippen LogP contribution in [-0.4, -0.2) is 97.7 Å². The predicted octanol–water partition coefficient (Wildman–Crippen LogP) is 6.59. The Labute approximate surface area is 327 Å². The molecule has 0 saturated carbocycles. The summed E-state index contributed by atoms with van der Waals surface area (Å²) in [5, 5.41) is 7.15. The van der Waals surface area contributed by atoms with E-state index in [9.17, 15) is 23.7 Å². The van der Waals surface area contributed by atoms with Crippen LogP contribution in [0.2, 0.25) is 0 Å². The van der Waals surface area contributed by atoms with Crippen molar-refractivity contribution in [2.75, 3.05) is 27.3 Å². The highest BCUT2D eigenvalue weighted by Crippen LogP contribution is 2.44. The Kier molecular flexibility index (Phi) is 11.0. The Morgan fingerprint density at radius 3 is 1.52 bits per heavy atom. The average molecular weight is 785 g/mol. The number of methoxy groups -OCH3 is 2. The molecule has 56 heavy (non-hydrogen) atoms. The number of ether oxygens (including phenoxy) is 2. The number of rotatable bonds is 10. The molecule has 5 aromatic rings. The lowest BCUT2D eigenvalue weighted by Gasteiger charge is -2.30. The number of benzene rings is 2. The summed E-state index contributed by atoms with van der Waals surface area (Å²) >= 11 is 0. The van der Waals surface area contributed by atoms with E-state index in [0.29, 0.717) is 34.1 Å². The van der Waals surface area contributed by atoms with Crippen LogP contribution in [0.3, 0.4) is 0 Å². The minimum Gasteiger partial charge on any atom is -0.590 e. The van der Waals surface area contributed by atoms with Gasteiger partial charge in [-0.25, -0.2) is 19.6 Å². The van der Waals surface area contributed by atoms with Gasteiger partial charge in [-0.1, -0.05) is 39.8 Å². The molecular formula is C40H48N8O7S. The second kappa shape index (κ2) is 15.9. The summed E-state index contributed by atoms with van der Waals surface area (Å²) < 4.78 is 25.0. The highest BCUT2D eigenvalue weighted by molar-refractivity contribution is 7.37. The average Bonchev–Trinajstić information content (AvgIpc) is 4.05. The number of likely N-dealkylation sites (tertiary alicyclic amines) is 2. The molecule has 15 nitrogen and oxygen atoms in total. The molecule has 0 aliphatic carbocycles. The number of carbonyl (C=O) groups excluding carboxylic acids is 4. The number of aromatic amines is 2. The highest BCUT2D eigenvalue weighted by Gasteiger charge is 2.39. The van der Waals surface area contributed by atoms with Crippen molar-refractivity contribution >= 4 is 54.9 Å². The number of amides is 4. The van der Waals surface area contributed by atoms with Gasteiger partial charge in [0, 0.05) is 47.1 Å². The second-order valence-electron chi connectivity index (χ2n) is 15.1. The summed E-state index contributed by atoms with van der Waals surface area (Å²) in [6.07, 6.45) is 5.25. The molecule has 7 rings (SSSR count). The molecule has 2 aliphatic rings. The molecule has 0 unspecified atom stereocenters. The van der Waals surface area contributed by atoms with Crippen LogP contribution in [0.4, 0.5) is 9.59 Å². The lowest BCUT2D eigenvalue weighted by atomic mass is 10.0. The largest absolute Gasteiger partial charge is 0.590 e. The Morgan fingerprint density at radius 2 is 1.14 bits per heavy atom. The molecular weight excluding hydrogens is 737 g/mol. The number of nitrogens with zero attached hydrogens (tertiary/aromatic N) is 4. The molecule has 0 bridgehead atoms. The van der Waals surface area contributed by atoms with Gasteiger partial charge in [0.2, 0.25) is 11.8 Å². The second-order valence-corrected chi connectivity index (χ2v) is 16.6. The van der Waals surface area contributed by atoms with E-state index in [-0.39, 0.29) is 35.7 Å². The van der Waals surface area contributed by atoms with E-state index in [1.807, 2.05) is 64.1 Å². The van der Waals surface area contributed by atoms with Gasteiger partial charge in [0.05, 0.1) is 50.1 Å². The van der Waals surface area contributed by atoms with Crippen LogP contribution in [-0.2, 0) is 19.1 Å². The number of aromatic nitrogens is 4. The van der Waals surface area contributed by atoms with Crippen LogP contribution in [0.25, 0.3) is 42.7 Å². The fourth-order valence-electron chi connectivity index (χ4n) is 7.94. The van der Waals surface area contributed by atoms with Gasteiger partial charge in [-0.15, -0.1) is 0 Å². The molecule has 0 spiro atoms. The lowest BCUT2D eigenvalue weighted by molar-refractivity contribution is -0.136. The molecule has 4 N–H and O–H groups in total. The molecule has 4 amide bonds. The van der Waals surface area contributed by atoms with E-state index in [0.717, 1.165) is 59.0 Å². The predicted molar refractivity (Wildman–Crippen MR) is 211 cm³/mol. The van der Waals surface area contributed by atoms with Gasteiger partial charge in [0.1, 0.15) is 23.7 Å². The molecule has 0 radical (unpaired) electrons. The van der Waals surface area contributed by atoms with Gasteiger partial charge >= 0.3 is 12.2 Å². The van der Waals surface area contributed by atoms with Crippen molar-refractivity contribution in [3.05, 3.63) is 60.4 Å². The number of hydrogen-bond donors (Lipinski definition) is 4. The Morgan fingerprint density at radius 1 is 0.732 bits per heavy atom. The third-order valence-electron chi connectivity index (χ3n) is 11.0. The third-order valence-corrected chi connectivity index (χ3v) is 12.4. The topological polar surface area (TPSA) is 198 Å². The van der Waals surface area contributed by atoms with Crippen molar-refractivity contribution < 1.29 is 33.2 Å². The van der Waals surface area contributed by atoms with Gasteiger partial charge in [0.25, 0.3) is 0 Å². The summed E-state index contributed by atoms with van der Waals surface area (Å²) in [4.78, 5) is 70.9. The maximum atomic E-state index is 14.0. The summed E-state index contributed by atoms with van der Waals surface area (Å²) in [5.41, 5.74) is 3.13. The van der Waals surface area contributed by atoms with E-state index in [1.54, 1.807) is 22.2 Å². The van der Waals surface area contributed by atoms with Crippen LogP contribution in [0.15, 0.2) is 48.8 Å². The van der Waals surface area contributed by atoms with Gasteiger partial charge in [-0.2, -0.15) is 0 Å². The first kappa shape index (κ1) is 38.8. The SMILES string of the molecule is COC(=O)N[C@H](C(=O)N1CCC[C@H]1c1ncc(-c2ccc3c4ccc(-c5cnc([C@@H]6CCCN6C(=O)[C@@H](NC(=O)OC)C(C)C)[nH]5)cc4[s+]([O-])c3c2)[nH]1)C(C)C. The van der Waals surface area contributed by atoms with Gasteiger partial charge in [-0.05, 0) is 60.4 Å². The van der Waals surface area contributed by atoms with Crippen molar-refractivity contribution in [3.63, 3.8) is 0 Å². The quantitative estimate of drug-likeness (QED) is 0.113. The number of alkyl carbamates (subject to hydrolysis) is 2. The van der Waals surface area contributed by atoms with Crippen LogP contribution in [0.1, 0.15) is 77.1 Å². The number of imidazole rings is 2. The van der Waals surface area contributed by atoms with Crippen molar-refractivity contribution in [2.24, 2.45) is 11.8 Å². The summed E-state index contributed by atoms with van der Waals surface area (Å²) in [5.74, 6) is 0.679. The number of H-pyrrole nitrogens is 2. The van der Waals surface area contributed by atoms with E-state index in [1.165, 1.54) is 14.2 Å². The molecule has 2 aromatic carbocycles. The number of fused-ring (bicyclic) bond motifs is 3. The van der Waals surface area contributed by atoms with E-state index < -0.39 is 35.0 Å². The van der Waals surface area contributed by atoms with E-state index >= 15 is 0 Å². The third kappa shape index (κ3) is 7.30. The molecule has 296 valence electrons. The number of thiophene rings is 1. The summed E-state index contributed by atoms with van der Waals surface area (Å²) in [7, 11) is 1.10. The van der Waals surface area contributed by atoms with Gasteiger partial charge < -0.3 is 44.4 Å². The maximum absolute atomic E-state index is 14.0. The van der Waals surface area contributed by atoms with Crippen LogP contribution < -0.4 is 10.6 Å². The molecule has 16 heteroatoms. The smallest absolute Gasteiger partial charge is 0.407 e. The standard InChI is InChI=1S/C40H48N8O7S/c1-21(2)33(45-39(51)54-5)37(49)47-15-7-9-29(47)35-41-19-27(43-35)23-11-13-25-26-14-12-24(18-32(26)56(53)31(25)17-23)28-20-42-36(44-28)30-10-8-16-48(30)38(50)34(22(3)4)46-40(52)55-6/h11-14,17-22,29-30,33-34H,7-10,15-16H2,1-6H3,(H,41,43)(H,42,44)(H,45,51)(H,46,52)/t29-,30-,33-,34-/m0/s1. The minimum atomic E-state index is -1.45. The first-order valence-electron chi connectivity index (χ1n) is 19.0. The zero-order valence-corrected chi connectivity index (χ0v) is 33.2. The van der Waals surface area contributed by atoms with Crippen molar-refractivity contribution in [2.45, 2.75) is 77.5 Å². The van der Waals surface area contributed by atoms with Crippen LogP contribution in [0.5, 0.6) is 0 Å². The first-order chi connectivity index (χ1) is 26.9. The maximum Gasteiger partial charge on any atom is 0.407 e. The fourth-order valence-corrected chi connectivity index (χ4v) is 9.40. The Balaban J connectivity index is 1.11. The molecule has 3 aromatic heterocycles.